The minimum atomic E-state index is -3.85. The Morgan fingerprint density at radius 2 is 1.65 bits per heavy atom. The number of sulfonamides is 1. The molecule has 2 rings (SSSR count). The topological polar surface area (TPSA) is 84.5 Å². The number of carbonyl (C=O) groups excluding carboxylic acids is 1. The minimum absolute atomic E-state index is 0.0775. The van der Waals surface area contributed by atoms with Gasteiger partial charge >= 0.3 is 0 Å². The van der Waals surface area contributed by atoms with E-state index >= 15 is 0 Å². The van der Waals surface area contributed by atoms with Crippen molar-refractivity contribution in [1.82, 2.24) is 10.0 Å². The number of hydrogen-bond acceptors (Lipinski definition) is 4. The maximum Gasteiger partial charge on any atom is 0.241 e. The van der Waals surface area contributed by atoms with Crippen molar-refractivity contribution >= 4 is 15.9 Å². The van der Waals surface area contributed by atoms with E-state index in [0.717, 1.165) is 5.56 Å². The molecule has 2 N–H and O–H groups in total. The van der Waals surface area contributed by atoms with Crippen molar-refractivity contribution < 1.29 is 17.9 Å². The molecule has 0 bridgehead atoms. The third kappa shape index (κ3) is 5.57. The van der Waals surface area contributed by atoms with Gasteiger partial charge in [-0.05, 0) is 50.1 Å². The Morgan fingerprint density at radius 1 is 1.04 bits per heavy atom. The third-order valence-electron chi connectivity index (χ3n) is 3.70. The van der Waals surface area contributed by atoms with E-state index in [-0.39, 0.29) is 23.3 Å². The monoisotopic (exact) mass is 376 g/mol. The fraction of sp³-hybridized carbons (Fsp3) is 0.316. The highest BCUT2D eigenvalue weighted by molar-refractivity contribution is 7.89. The van der Waals surface area contributed by atoms with Crippen molar-refractivity contribution in [3.8, 4) is 5.75 Å². The number of nitrogens with one attached hydrogen (secondary N) is 2. The van der Waals surface area contributed by atoms with Crippen LogP contribution < -0.4 is 14.8 Å². The van der Waals surface area contributed by atoms with E-state index < -0.39 is 16.1 Å². The molecular formula is C19H24N2O4S. The lowest BCUT2D eigenvalue weighted by Gasteiger charge is -2.20. The van der Waals surface area contributed by atoms with Crippen LogP contribution in [0.5, 0.6) is 5.75 Å². The molecule has 0 aliphatic carbocycles. The molecule has 0 aromatic heterocycles. The van der Waals surface area contributed by atoms with Crippen LogP contribution in [0.15, 0.2) is 59.5 Å². The highest BCUT2D eigenvalue weighted by Crippen LogP contribution is 2.16. The minimum Gasteiger partial charge on any atom is -0.497 e. The average molecular weight is 376 g/mol. The first-order valence-electron chi connectivity index (χ1n) is 8.32. The Morgan fingerprint density at radius 3 is 2.19 bits per heavy atom. The van der Waals surface area contributed by atoms with E-state index in [1.807, 2.05) is 44.2 Å². The van der Waals surface area contributed by atoms with Crippen LogP contribution in [0.3, 0.4) is 0 Å². The van der Waals surface area contributed by atoms with Gasteiger partial charge in [0.15, 0.2) is 0 Å². The maximum absolute atomic E-state index is 12.7. The second kappa shape index (κ2) is 8.82. The predicted octanol–water partition coefficient (Wildman–Crippen LogP) is 2.11. The second-order valence-electron chi connectivity index (χ2n) is 6.20. The molecule has 1 unspecified atom stereocenters. The largest absolute Gasteiger partial charge is 0.497 e. The van der Waals surface area contributed by atoms with Crippen LogP contribution in [0.1, 0.15) is 19.4 Å². The summed E-state index contributed by atoms with van der Waals surface area (Å²) in [6, 6.07) is 14.3. The lowest BCUT2D eigenvalue weighted by molar-refractivity contribution is -0.123. The normalized spacial score (nSPS) is 12.6. The highest BCUT2D eigenvalue weighted by Gasteiger charge is 2.26. The van der Waals surface area contributed by atoms with Gasteiger partial charge in [0, 0.05) is 6.04 Å². The first-order valence-corrected chi connectivity index (χ1v) is 9.81. The van der Waals surface area contributed by atoms with Gasteiger partial charge in [0.25, 0.3) is 0 Å². The van der Waals surface area contributed by atoms with Gasteiger partial charge in [-0.3, -0.25) is 4.79 Å². The van der Waals surface area contributed by atoms with Crippen LogP contribution in [-0.4, -0.2) is 33.5 Å². The molecule has 0 aliphatic heterocycles. The summed E-state index contributed by atoms with van der Waals surface area (Å²) in [5.41, 5.74) is 0.869. The Hall–Kier alpha value is -2.38. The van der Waals surface area contributed by atoms with Crippen molar-refractivity contribution in [1.29, 1.82) is 0 Å². The van der Waals surface area contributed by atoms with Crippen molar-refractivity contribution in [2.45, 2.75) is 37.2 Å². The Kier molecular flexibility index (Phi) is 6.76. The summed E-state index contributed by atoms with van der Waals surface area (Å²) in [6.07, 6.45) is 0.259. The van der Waals surface area contributed by atoms with Gasteiger partial charge in [-0.15, -0.1) is 0 Å². The number of hydrogen-bond donors (Lipinski definition) is 2. The first-order chi connectivity index (χ1) is 12.3. The van der Waals surface area contributed by atoms with E-state index in [0.29, 0.717) is 5.75 Å². The van der Waals surface area contributed by atoms with Crippen LogP contribution >= 0.6 is 0 Å². The molecule has 0 heterocycles. The summed E-state index contributed by atoms with van der Waals surface area (Å²) in [6.45, 7) is 3.66. The second-order valence-corrected chi connectivity index (χ2v) is 7.92. The first kappa shape index (κ1) is 19.9. The smallest absolute Gasteiger partial charge is 0.241 e. The summed E-state index contributed by atoms with van der Waals surface area (Å²) in [4.78, 5) is 12.6. The number of carbonyl (C=O) groups is 1. The molecule has 6 nitrogen and oxygen atoms in total. The van der Waals surface area contributed by atoms with Crippen molar-refractivity contribution in [3.63, 3.8) is 0 Å². The van der Waals surface area contributed by atoms with Gasteiger partial charge in [0.05, 0.1) is 12.0 Å². The van der Waals surface area contributed by atoms with Crippen LogP contribution in [0, 0.1) is 0 Å². The van der Waals surface area contributed by atoms with Crippen LogP contribution in [0.2, 0.25) is 0 Å². The van der Waals surface area contributed by atoms with Crippen molar-refractivity contribution in [2.24, 2.45) is 0 Å². The fourth-order valence-electron chi connectivity index (χ4n) is 2.43. The summed E-state index contributed by atoms with van der Waals surface area (Å²) in [7, 11) is -2.34. The van der Waals surface area contributed by atoms with Gasteiger partial charge in [-0.25, -0.2) is 8.42 Å². The Bertz CT molecular complexity index is 818. The molecule has 26 heavy (non-hydrogen) atoms. The molecule has 1 amide bonds. The summed E-state index contributed by atoms with van der Waals surface area (Å²) in [5, 5.41) is 2.77. The zero-order valence-electron chi connectivity index (χ0n) is 15.1. The molecule has 0 saturated carbocycles. The molecule has 2 aromatic carbocycles. The number of rotatable bonds is 8. The average Bonchev–Trinajstić information content (AvgIpc) is 2.61. The number of methoxy groups -OCH3 is 1. The zero-order valence-corrected chi connectivity index (χ0v) is 15.9. The molecule has 0 spiro atoms. The SMILES string of the molecule is COc1ccc(S(=O)(=O)NC(Cc2ccccc2)C(=O)NC(C)C)cc1. The van der Waals surface area contributed by atoms with Gasteiger partial charge < -0.3 is 10.1 Å². The zero-order chi connectivity index (χ0) is 19.2. The fourth-order valence-corrected chi connectivity index (χ4v) is 3.63. The van der Waals surface area contributed by atoms with Crippen LogP contribution in [0.25, 0.3) is 0 Å². The van der Waals surface area contributed by atoms with E-state index in [1.54, 1.807) is 12.1 Å². The number of benzene rings is 2. The van der Waals surface area contributed by atoms with E-state index in [2.05, 4.69) is 10.0 Å². The molecule has 0 radical (unpaired) electrons. The predicted molar refractivity (Wildman–Crippen MR) is 101 cm³/mol. The number of amides is 1. The standard InChI is InChI=1S/C19H24N2O4S/c1-14(2)20-19(22)18(13-15-7-5-4-6-8-15)21-26(23,24)17-11-9-16(25-3)10-12-17/h4-12,14,18,21H,13H2,1-3H3,(H,20,22). The van der Waals surface area contributed by atoms with E-state index in [1.165, 1.54) is 19.2 Å². The molecule has 0 fully saturated rings. The van der Waals surface area contributed by atoms with Gasteiger partial charge in [0.2, 0.25) is 15.9 Å². The molecular weight excluding hydrogens is 352 g/mol. The summed E-state index contributed by atoms with van der Waals surface area (Å²) in [5.74, 6) is 0.197. The summed E-state index contributed by atoms with van der Waals surface area (Å²) < 4.78 is 32.9. The lowest BCUT2D eigenvalue weighted by Crippen LogP contribution is -2.49. The van der Waals surface area contributed by atoms with E-state index in [4.69, 9.17) is 4.74 Å². The molecule has 140 valence electrons. The Balaban J connectivity index is 2.24. The van der Waals surface area contributed by atoms with Crippen molar-refractivity contribution in [3.05, 3.63) is 60.2 Å². The van der Waals surface area contributed by atoms with Gasteiger partial charge in [-0.1, -0.05) is 30.3 Å². The molecule has 7 heteroatoms. The van der Waals surface area contributed by atoms with Crippen LogP contribution in [0.4, 0.5) is 0 Å². The quantitative estimate of drug-likeness (QED) is 0.739. The van der Waals surface area contributed by atoms with Crippen molar-refractivity contribution in [2.75, 3.05) is 7.11 Å². The molecule has 2 aromatic rings. The van der Waals surface area contributed by atoms with Crippen LogP contribution in [-0.2, 0) is 21.2 Å². The maximum atomic E-state index is 12.7. The molecule has 1 atom stereocenters. The molecule has 0 aliphatic rings. The van der Waals surface area contributed by atoms with E-state index in [9.17, 15) is 13.2 Å². The highest BCUT2D eigenvalue weighted by atomic mass is 32.2. The van der Waals surface area contributed by atoms with Gasteiger partial charge in [-0.2, -0.15) is 4.72 Å². The Labute approximate surface area is 154 Å². The van der Waals surface area contributed by atoms with Gasteiger partial charge in [0.1, 0.15) is 11.8 Å². The summed E-state index contributed by atoms with van der Waals surface area (Å²) >= 11 is 0. The lowest BCUT2D eigenvalue weighted by atomic mass is 10.1. The molecule has 0 saturated heterocycles. The third-order valence-corrected chi connectivity index (χ3v) is 5.18. The number of ether oxygens (including phenoxy) is 1.